The van der Waals surface area contributed by atoms with E-state index in [1.807, 2.05) is 13.8 Å². The zero-order chi connectivity index (χ0) is 34.7. The molecule has 0 unspecified atom stereocenters. The van der Waals surface area contributed by atoms with Crippen LogP contribution in [0.3, 0.4) is 0 Å². The normalized spacial score (nSPS) is 14.4. The lowest BCUT2D eigenvalue weighted by Crippen LogP contribution is -2.43. The maximum Gasteiger partial charge on any atom is 0.271 e. The molecule has 1 aromatic heterocycles. The highest BCUT2D eigenvalue weighted by Crippen LogP contribution is 2.39. The Kier molecular flexibility index (Phi) is 11.2. The van der Waals surface area contributed by atoms with Crippen LogP contribution in [0.5, 0.6) is 23.0 Å². The largest absolute Gasteiger partial charge is 0.497 e. The lowest BCUT2D eigenvalue weighted by molar-refractivity contribution is -0.127. The predicted molar refractivity (Wildman–Crippen MR) is 193 cm³/mol. The van der Waals surface area contributed by atoms with Crippen molar-refractivity contribution in [2.75, 3.05) is 34.4 Å². The Morgan fingerprint density at radius 1 is 1.00 bits per heavy atom. The van der Waals surface area contributed by atoms with E-state index in [0.29, 0.717) is 82.3 Å². The number of likely N-dealkylation sites (N-methyl/N-ethyl adjacent to an activating group) is 1. The van der Waals surface area contributed by atoms with E-state index >= 15 is 0 Å². The average molecular weight is 776 g/mol. The lowest BCUT2D eigenvalue weighted by Gasteiger charge is -2.30. The lowest BCUT2D eigenvalue weighted by atomic mass is 9.93. The minimum atomic E-state index is -0.810. The van der Waals surface area contributed by atoms with Gasteiger partial charge in [0.2, 0.25) is 0 Å². The number of benzene rings is 3. The van der Waals surface area contributed by atoms with E-state index in [0.717, 1.165) is 5.56 Å². The number of rotatable bonds is 11. The number of allylic oxidation sites excluding steroid dienone is 1. The molecule has 0 N–H and O–H groups in total. The van der Waals surface area contributed by atoms with Crippen molar-refractivity contribution in [3.63, 3.8) is 0 Å². The highest BCUT2D eigenvalue weighted by Gasteiger charge is 2.36. The summed E-state index contributed by atoms with van der Waals surface area (Å²) in [6, 6.07) is 13.3. The van der Waals surface area contributed by atoms with Gasteiger partial charge < -0.3 is 23.8 Å². The third kappa shape index (κ3) is 7.01. The topological polar surface area (TPSA) is 91.6 Å². The summed E-state index contributed by atoms with van der Waals surface area (Å²) in [5.74, 6) is 1.82. The first-order chi connectivity index (χ1) is 23.0. The Morgan fingerprint density at radius 2 is 1.73 bits per heavy atom. The van der Waals surface area contributed by atoms with Crippen LogP contribution < -0.4 is 33.8 Å². The molecule has 5 rings (SSSR count). The van der Waals surface area contributed by atoms with Gasteiger partial charge in [-0.25, -0.2) is 4.99 Å². The Morgan fingerprint density at radius 3 is 2.38 bits per heavy atom. The molecule has 0 aliphatic carbocycles. The van der Waals surface area contributed by atoms with Gasteiger partial charge in [0.25, 0.3) is 11.5 Å². The second-order valence-corrected chi connectivity index (χ2v) is 13.4. The second kappa shape index (κ2) is 15.2. The van der Waals surface area contributed by atoms with Crippen molar-refractivity contribution in [2.45, 2.75) is 33.4 Å². The third-order valence-corrected chi connectivity index (χ3v) is 10.3. The van der Waals surface area contributed by atoms with Crippen molar-refractivity contribution in [2.24, 2.45) is 4.99 Å². The van der Waals surface area contributed by atoms with Crippen molar-refractivity contribution < 1.29 is 23.7 Å². The summed E-state index contributed by atoms with van der Waals surface area (Å²) in [5.41, 5.74) is 2.67. The van der Waals surface area contributed by atoms with Gasteiger partial charge in [-0.15, -0.1) is 0 Å². The molecule has 3 aromatic carbocycles. The van der Waals surface area contributed by atoms with Gasteiger partial charge in [-0.05, 0) is 74.9 Å². The zero-order valence-electron chi connectivity index (χ0n) is 27.2. The maximum atomic E-state index is 14.4. The molecule has 2 heterocycles. The van der Waals surface area contributed by atoms with E-state index in [-0.39, 0.29) is 18.1 Å². The van der Waals surface area contributed by atoms with E-state index in [9.17, 15) is 9.59 Å². The molecule has 1 aliphatic heterocycles. The van der Waals surface area contributed by atoms with Crippen molar-refractivity contribution in [3.8, 4) is 23.0 Å². The van der Waals surface area contributed by atoms with Crippen LogP contribution in [0.2, 0.25) is 10.0 Å². The summed E-state index contributed by atoms with van der Waals surface area (Å²) < 4.78 is 25.6. The number of amides is 1. The van der Waals surface area contributed by atoms with Gasteiger partial charge in [0, 0.05) is 38.7 Å². The summed E-state index contributed by atoms with van der Waals surface area (Å²) in [6.07, 6.45) is 1.77. The monoisotopic (exact) mass is 773 g/mol. The summed E-state index contributed by atoms with van der Waals surface area (Å²) in [5, 5.41) is 1.03. The van der Waals surface area contributed by atoms with Gasteiger partial charge in [0.15, 0.2) is 16.3 Å². The smallest absolute Gasteiger partial charge is 0.271 e. The van der Waals surface area contributed by atoms with E-state index in [2.05, 4.69) is 15.9 Å². The molecule has 252 valence electrons. The molecule has 0 bridgehead atoms. The third-order valence-electron chi connectivity index (χ3n) is 8.00. The number of halogens is 3. The quantitative estimate of drug-likeness (QED) is 0.167. The van der Waals surface area contributed by atoms with Crippen molar-refractivity contribution in [1.29, 1.82) is 0 Å². The summed E-state index contributed by atoms with van der Waals surface area (Å²) in [7, 11) is 4.66. The van der Waals surface area contributed by atoms with Crippen LogP contribution in [0.25, 0.3) is 6.08 Å². The molecule has 1 aliphatic rings. The number of aromatic nitrogens is 1. The van der Waals surface area contributed by atoms with Gasteiger partial charge in [-0.3, -0.25) is 14.2 Å². The summed E-state index contributed by atoms with van der Waals surface area (Å²) >= 11 is 17.2. The predicted octanol–water partition coefficient (Wildman–Crippen LogP) is 6.78. The minimum Gasteiger partial charge on any atom is -0.497 e. The first-order valence-corrected chi connectivity index (χ1v) is 17.4. The van der Waals surface area contributed by atoms with E-state index < -0.39 is 6.04 Å². The molecule has 0 saturated heterocycles. The Labute approximate surface area is 300 Å². The van der Waals surface area contributed by atoms with Crippen LogP contribution in [0, 0.1) is 0 Å². The van der Waals surface area contributed by atoms with E-state index in [1.54, 1.807) is 92.3 Å². The summed E-state index contributed by atoms with van der Waals surface area (Å²) in [6.45, 7) is 6.83. The van der Waals surface area contributed by atoms with Gasteiger partial charge in [0.1, 0.15) is 24.1 Å². The highest BCUT2D eigenvalue weighted by molar-refractivity contribution is 9.10. The van der Waals surface area contributed by atoms with Crippen molar-refractivity contribution in [3.05, 3.63) is 111 Å². The first-order valence-electron chi connectivity index (χ1n) is 15.0. The fourth-order valence-corrected chi connectivity index (χ4v) is 7.43. The van der Waals surface area contributed by atoms with Crippen molar-refractivity contribution in [1.82, 2.24) is 9.47 Å². The standard InChI is InChI=1S/C35H34BrCl2N3O6S/c1-7-40(8-2)34(43)31-19(3)39-35-41(32(31)24-16-23(44-4)11-12-27(24)45-5)33(42)30(48-35)14-21-13-28(46-6)29(17-25(21)36)47-18-20-9-10-22(37)15-26(20)38/h9-17,32H,7-8,18H2,1-6H3/b30-14+/t32-/m1/s1. The van der Waals surface area contributed by atoms with Crippen LogP contribution in [-0.4, -0.2) is 49.8 Å². The number of carbonyl (C=O) groups is 1. The van der Waals surface area contributed by atoms with Crippen LogP contribution in [0.1, 0.15) is 43.5 Å². The number of thiazole rings is 1. The molecule has 48 heavy (non-hydrogen) atoms. The molecule has 9 nitrogen and oxygen atoms in total. The molecular weight excluding hydrogens is 741 g/mol. The number of nitrogens with zero attached hydrogens (tertiary/aromatic N) is 3. The number of fused-ring (bicyclic) bond motifs is 1. The van der Waals surface area contributed by atoms with Gasteiger partial charge >= 0.3 is 0 Å². The Bertz CT molecular complexity index is 2090. The van der Waals surface area contributed by atoms with Crippen LogP contribution in [0.4, 0.5) is 0 Å². The van der Waals surface area contributed by atoms with E-state index in [4.69, 9.17) is 47.1 Å². The Balaban J connectivity index is 1.64. The SMILES string of the molecule is CCN(CC)C(=O)C1=C(C)N=c2s/c(=C/c3cc(OC)c(OCc4ccc(Cl)cc4Cl)cc3Br)c(=O)n2[C@@H]1c1cc(OC)ccc1OC. The molecule has 0 radical (unpaired) electrons. The van der Waals surface area contributed by atoms with Crippen LogP contribution in [0.15, 0.2) is 74.1 Å². The second-order valence-electron chi connectivity index (χ2n) is 10.7. The molecule has 1 amide bonds. The highest BCUT2D eigenvalue weighted by atomic mass is 79.9. The van der Waals surface area contributed by atoms with Crippen LogP contribution in [-0.2, 0) is 11.4 Å². The molecule has 0 spiro atoms. The maximum absolute atomic E-state index is 14.4. The van der Waals surface area contributed by atoms with Crippen LogP contribution >= 0.6 is 50.5 Å². The minimum absolute atomic E-state index is 0.193. The number of carbonyl (C=O) groups excluding carboxylic acids is 1. The average Bonchev–Trinajstić information content (AvgIpc) is 3.38. The van der Waals surface area contributed by atoms with Crippen molar-refractivity contribution >= 4 is 62.5 Å². The van der Waals surface area contributed by atoms with Gasteiger partial charge in [-0.1, -0.05) is 56.5 Å². The molecule has 4 aromatic rings. The fraction of sp³-hybridized carbons (Fsp3) is 0.286. The molecule has 0 saturated carbocycles. The molecule has 1 atom stereocenters. The summed E-state index contributed by atoms with van der Waals surface area (Å²) in [4.78, 5) is 35.3. The Hall–Kier alpha value is -3.77. The zero-order valence-corrected chi connectivity index (χ0v) is 31.1. The molecule has 13 heteroatoms. The van der Waals surface area contributed by atoms with E-state index in [1.165, 1.54) is 11.3 Å². The molecular formula is C35H34BrCl2N3O6S. The molecule has 0 fully saturated rings. The first kappa shape index (κ1) is 35.5. The fourth-order valence-electron chi connectivity index (χ4n) is 5.49. The number of hydrogen-bond acceptors (Lipinski definition) is 8. The van der Waals surface area contributed by atoms with Gasteiger partial charge in [0.05, 0.1) is 37.1 Å². The van der Waals surface area contributed by atoms with Gasteiger partial charge in [-0.2, -0.15) is 0 Å². The number of hydrogen-bond donors (Lipinski definition) is 0. The number of methoxy groups -OCH3 is 3. The number of ether oxygens (including phenoxy) is 4.